The second kappa shape index (κ2) is 5.64. The maximum atomic E-state index is 5.45. The molecule has 88 valence electrons. The Bertz CT molecular complexity index is 349. The third kappa shape index (κ3) is 2.74. The van der Waals surface area contributed by atoms with E-state index in [-0.39, 0.29) is 0 Å². The minimum Gasteiger partial charge on any atom is -0.380 e. The molecule has 2 heterocycles. The molecule has 0 aromatic carbocycles. The highest BCUT2D eigenvalue weighted by Crippen LogP contribution is 2.20. The summed E-state index contributed by atoms with van der Waals surface area (Å²) in [6.07, 6.45) is 3.03. The van der Waals surface area contributed by atoms with Gasteiger partial charge in [0.15, 0.2) is 0 Å². The summed E-state index contributed by atoms with van der Waals surface area (Å²) in [5, 5.41) is 0.865. The molecule has 0 saturated carbocycles. The van der Waals surface area contributed by atoms with Gasteiger partial charge in [-0.05, 0) is 24.5 Å². The van der Waals surface area contributed by atoms with Crippen molar-refractivity contribution < 1.29 is 4.74 Å². The number of alkyl halides is 1. The minimum atomic E-state index is 0.807. The number of hydrogen-bond donors (Lipinski definition) is 0. The van der Waals surface area contributed by atoms with Gasteiger partial charge >= 0.3 is 0 Å². The molecule has 1 saturated heterocycles. The molecule has 3 nitrogen and oxygen atoms in total. The lowest BCUT2D eigenvalue weighted by molar-refractivity contribution is 0.152. The van der Waals surface area contributed by atoms with E-state index in [2.05, 4.69) is 38.8 Å². The van der Waals surface area contributed by atoms with Crippen molar-refractivity contribution in [2.45, 2.75) is 18.7 Å². The van der Waals surface area contributed by atoms with Gasteiger partial charge in [0.25, 0.3) is 0 Å². The molecule has 16 heavy (non-hydrogen) atoms. The molecule has 1 aliphatic heterocycles. The Morgan fingerprint density at radius 3 is 3.06 bits per heavy atom. The first-order valence-corrected chi connectivity index (χ1v) is 6.77. The van der Waals surface area contributed by atoms with Crippen LogP contribution in [0.15, 0.2) is 12.3 Å². The molecule has 0 spiro atoms. The topological polar surface area (TPSA) is 25.4 Å². The fourth-order valence-electron chi connectivity index (χ4n) is 1.99. The number of ether oxygens (including phenoxy) is 1. The SMILES string of the molecule is Cc1cc(CBr)cnc1N1CCCOCC1. The highest BCUT2D eigenvalue weighted by atomic mass is 79.9. The Labute approximate surface area is 105 Å². The molecule has 2 rings (SSSR count). The zero-order valence-electron chi connectivity index (χ0n) is 9.58. The Balaban J connectivity index is 2.18. The van der Waals surface area contributed by atoms with Gasteiger partial charge in [-0.3, -0.25) is 0 Å². The highest BCUT2D eigenvalue weighted by molar-refractivity contribution is 9.08. The van der Waals surface area contributed by atoms with Crippen molar-refractivity contribution in [1.29, 1.82) is 0 Å². The first-order valence-electron chi connectivity index (χ1n) is 5.65. The van der Waals surface area contributed by atoms with Crippen LogP contribution < -0.4 is 4.90 Å². The van der Waals surface area contributed by atoms with Crippen molar-refractivity contribution in [2.75, 3.05) is 31.2 Å². The molecular weight excluding hydrogens is 268 g/mol. The fraction of sp³-hybridized carbons (Fsp3) is 0.583. The Hall–Kier alpha value is -0.610. The smallest absolute Gasteiger partial charge is 0.131 e. The van der Waals surface area contributed by atoms with Crippen LogP contribution in [0.25, 0.3) is 0 Å². The number of anilines is 1. The number of aromatic nitrogens is 1. The van der Waals surface area contributed by atoms with Crippen LogP contribution in [0.2, 0.25) is 0 Å². The third-order valence-corrected chi connectivity index (χ3v) is 3.43. The van der Waals surface area contributed by atoms with Crippen LogP contribution in [0.1, 0.15) is 17.5 Å². The summed E-state index contributed by atoms with van der Waals surface area (Å²) in [7, 11) is 0. The number of rotatable bonds is 2. The molecule has 0 amide bonds. The van der Waals surface area contributed by atoms with E-state index in [4.69, 9.17) is 4.74 Å². The molecule has 0 atom stereocenters. The predicted octanol–water partition coefficient (Wildman–Crippen LogP) is 2.51. The zero-order chi connectivity index (χ0) is 11.4. The van der Waals surface area contributed by atoms with E-state index in [1.807, 2.05) is 6.20 Å². The van der Waals surface area contributed by atoms with Crippen LogP contribution in [-0.4, -0.2) is 31.3 Å². The molecule has 4 heteroatoms. The normalized spacial score (nSPS) is 17.2. The summed E-state index contributed by atoms with van der Waals surface area (Å²) in [6, 6.07) is 2.20. The average Bonchev–Trinajstić information content (AvgIpc) is 2.57. The second-order valence-corrected chi connectivity index (χ2v) is 4.63. The quantitative estimate of drug-likeness (QED) is 0.781. The fourth-order valence-corrected chi connectivity index (χ4v) is 2.29. The molecule has 0 N–H and O–H groups in total. The summed E-state index contributed by atoms with van der Waals surface area (Å²) in [6.45, 7) is 5.79. The van der Waals surface area contributed by atoms with Crippen LogP contribution in [0, 0.1) is 6.92 Å². The zero-order valence-corrected chi connectivity index (χ0v) is 11.2. The van der Waals surface area contributed by atoms with Gasteiger partial charge in [0.2, 0.25) is 0 Å². The summed E-state index contributed by atoms with van der Waals surface area (Å²) < 4.78 is 5.45. The van der Waals surface area contributed by atoms with Crippen molar-refractivity contribution in [2.24, 2.45) is 0 Å². The number of hydrogen-bond acceptors (Lipinski definition) is 3. The van der Waals surface area contributed by atoms with Crippen molar-refractivity contribution in [3.63, 3.8) is 0 Å². The standard InChI is InChI=1S/C12H17BrN2O/c1-10-7-11(8-13)9-14-12(10)15-3-2-5-16-6-4-15/h7,9H,2-6,8H2,1H3. The van der Waals surface area contributed by atoms with Crippen molar-refractivity contribution in [1.82, 2.24) is 4.98 Å². The van der Waals surface area contributed by atoms with Gasteiger partial charge < -0.3 is 9.64 Å². The van der Waals surface area contributed by atoms with Crippen molar-refractivity contribution >= 4 is 21.7 Å². The predicted molar refractivity (Wildman–Crippen MR) is 69.3 cm³/mol. The van der Waals surface area contributed by atoms with Gasteiger partial charge in [-0.2, -0.15) is 0 Å². The van der Waals surface area contributed by atoms with Gasteiger partial charge in [0, 0.05) is 31.2 Å². The lowest BCUT2D eigenvalue weighted by atomic mass is 10.2. The summed E-state index contributed by atoms with van der Waals surface area (Å²) in [4.78, 5) is 6.87. The van der Waals surface area contributed by atoms with Gasteiger partial charge in [-0.25, -0.2) is 4.98 Å². The summed E-state index contributed by atoms with van der Waals surface area (Å²) >= 11 is 3.45. The van der Waals surface area contributed by atoms with E-state index in [9.17, 15) is 0 Å². The number of pyridine rings is 1. The highest BCUT2D eigenvalue weighted by Gasteiger charge is 2.13. The van der Waals surface area contributed by atoms with Gasteiger partial charge in [0.05, 0.1) is 6.61 Å². The number of nitrogens with zero attached hydrogens (tertiary/aromatic N) is 2. The monoisotopic (exact) mass is 284 g/mol. The molecular formula is C12H17BrN2O. The van der Waals surface area contributed by atoms with Crippen molar-refractivity contribution in [3.05, 3.63) is 23.4 Å². The Kier molecular flexibility index (Phi) is 4.18. The van der Waals surface area contributed by atoms with Crippen LogP contribution in [0.4, 0.5) is 5.82 Å². The summed E-state index contributed by atoms with van der Waals surface area (Å²) in [5.74, 6) is 1.11. The van der Waals surface area contributed by atoms with Crippen LogP contribution in [0.3, 0.4) is 0 Å². The van der Waals surface area contributed by atoms with E-state index in [0.29, 0.717) is 0 Å². The van der Waals surface area contributed by atoms with Crippen LogP contribution >= 0.6 is 15.9 Å². The maximum absolute atomic E-state index is 5.45. The van der Waals surface area contributed by atoms with E-state index in [0.717, 1.165) is 43.9 Å². The Morgan fingerprint density at radius 1 is 1.44 bits per heavy atom. The van der Waals surface area contributed by atoms with Crippen LogP contribution in [0.5, 0.6) is 0 Å². The molecule has 1 aromatic rings. The lowest BCUT2D eigenvalue weighted by Gasteiger charge is -2.22. The molecule has 1 aromatic heterocycles. The Morgan fingerprint density at radius 2 is 2.31 bits per heavy atom. The van der Waals surface area contributed by atoms with E-state index < -0.39 is 0 Å². The molecule has 1 aliphatic rings. The third-order valence-electron chi connectivity index (χ3n) is 2.78. The molecule has 0 bridgehead atoms. The molecule has 0 unspecified atom stereocenters. The second-order valence-electron chi connectivity index (χ2n) is 4.07. The van der Waals surface area contributed by atoms with Gasteiger partial charge in [-0.1, -0.05) is 22.0 Å². The van der Waals surface area contributed by atoms with Gasteiger partial charge in [-0.15, -0.1) is 0 Å². The average molecular weight is 285 g/mol. The van der Waals surface area contributed by atoms with Crippen molar-refractivity contribution in [3.8, 4) is 0 Å². The van der Waals surface area contributed by atoms with E-state index in [1.165, 1.54) is 11.1 Å². The molecule has 0 aliphatic carbocycles. The first-order chi connectivity index (χ1) is 7.81. The largest absolute Gasteiger partial charge is 0.380 e. The number of aryl methyl sites for hydroxylation is 1. The molecule has 0 radical (unpaired) electrons. The maximum Gasteiger partial charge on any atom is 0.131 e. The van der Waals surface area contributed by atoms with E-state index >= 15 is 0 Å². The first kappa shape index (κ1) is 11.9. The number of halogens is 1. The lowest BCUT2D eigenvalue weighted by Crippen LogP contribution is -2.27. The van der Waals surface area contributed by atoms with Crippen LogP contribution in [-0.2, 0) is 10.1 Å². The van der Waals surface area contributed by atoms with E-state index in [1.54, 1.807) is 0 Å². The molecule has 1 fully saturated rings. The summed E-state index contributed by atoms with van der Waals surface area (Å²) in [5.41, 5.74) is 2.48. The minimum absolute atomic E-state index is 0.807. The van der Waals surface area contributed by atoms with Gasteiger partial charge in [0.1, 0.15) is 5.82 Å².